The van der Waals surface area contributed by atoms with Gasteiger partial charge in [0.05, 0.1) is 10.4 Å². The van der Waals surface area contributed by atoms with Gasteiger partial charge in [-0.05, 0) is 57.2 Å². The Morgan fingerprint density at radius 1 is 1.09 bits per heavy atom. The van der Waals surface area contributed by atoms with Gasteiger partial charge in [-0.1, -0.05) is 61.5 Å². The number of amides is 1. The number of nitrogens with one attached hydrogen (secondary N) is 2. The molecule has 1 fully saturated rings. The summed E-state index contributed by atoms with van der Waals surface area (Å²) in [4.78, 5) is 32.3. The molecule has 0 aliphatic heterocycles. The molecule has 7 heteroatoms. The van der Waals surface area contributed by atoms with Gasteiger partial charge in [-0.25, -0.2) is 4.79 Å². The summed E-state index contributed by atoms with van der Waals surface area (Å²) in [5.41, 5.74) is -1.01. The van der Waals surface area contributed by atoms with Gasteiger partial charge in [0.1, 0.15) is 11.1 Å². The Bertz CT molecular complexity index is 1010. The lowest BCUT2D eigenvalue weighted by Gasteiger charge is -2.53. The molecule has 1 aliphatic carbocycles. The minimum absolute atomic E-state index is 0.0524. The van der Waals surface area contributed by atoms with Gasteiger partial charge in [0.15, 0.2) is 5.78 Å². The standard InChI is InChI=1S/C27H35N3O3S/c1-25(2,3)33-24(32)30-27(22(31)15-14-20-11-6-5-7-12-20)17-9-8-16-26(27,23(34)28-4)21-13-10-18-29-19-21/h5-7,10-13,18-19H,8-9,14-17H2,1-4H3,(H,28,34)(H,30,32). The Balaban J connectivity index is 2.12. The number of aryl methyl sites for hydroxylation is 1. The van der Waals surface area contributed by atoms with Gasteiger partial charge < -0.3 is 15.4 Å². The monoisotopic (exact) mass is 481 g/mol. The minimum Gasteiger partial charge on any atom is -0.444 e. The molecule has 1 heterocycles. The third kappa shape index (κ3) is 5.30. The molecule has 0 saturated heterocycles. The summed E-state index contributed by atoms with van der Waals surface area (Å²) in [6, 6.07) is 13.7. The van der Waals surface area contributed by atoms with Crippen LogP contribution in [0.15, 0.2) is 54.9 Å². The molecule has 1 aromatic carbocycles. The number of pyridine rings is 1. The van der Waals surface area contributed by atoms with Gasteiger partial charge in [-0.15, -0.1) is 0 Å². The number of benzene rings is 1. The number of nitrogens with zero attached hydrogens (tertiary/aromatic N) is 1. The van der Waals surface area contributed by atoms with E-state index in [1.807, 2.05) is 63.2 Å². The van der Waals surface area contributed by atoms with Crippen molar-refractivity contribution in [2.75, 3.05) is 7.05 Å². The fourth-order valence-electron chi connectivity index (χ4n) is 5.07. The number of hydrogen-bond acceptors (Lipinski definition) is 5. The number of Topliss-reactive ketones (excluding diaryl/α,β-unsaturated/α-hetero) is 1. The van der Waals surface area contributed by atoms with E-state index < -0.39 is 22.6 Å². The number of aromatic nitrogens is 1. The quantitative estimate of drug-likeness (QED) is 0.547. The molecule has 6 nitrogen and oxygen atoms in total. The van der Waals surface area contributed by atoms with Crippen LogP contribution < -0.4 is 10.6 Å². The normalized spacial score (nSPS) is 22.5. The number of hydrogen-bond donors (Lipinski definition) is 2. The largest absolute Gasteiger partial charge is 0.444 e. The minimum atomic E-state index is -1.26. The second-order valence-electron chi connectivity index (χ2n) is 9.87. The maximum Gasteiger partial charge on any atom is 0.408 e. The van der Waals surface area contributed by atoms with Crippen LogP contribution in [0.5, 0.6) is 0 Å². The van der Waals surface area contributed by atoms with Gasteiger partial charge in [0.25, 0.3) is 0 Å². The van der Waals surface area contributed by atoms with Crippen LogP contribution in [0.2, 0.25) is 0 Å². The molecule has 2 atom stereocenters. The lowest BCUT2D eigenvalue weighted by Crippen LogP contribution is -2.72. The molecule has 1 amide bonds. The molecule has 34 heavy (non-hydrogen) atoms. The second kappa shape index (κ2) is 10.6. The van der Waals surface area contributed by atoms with Crippen molar-refractivity contribution in [1.82, 2.24) is 15.6 Å². The van der Waals surface area contributed by atoms with E-state index in [0.717, 1.165) is 24.0 Å². The SMILES string of the molecule is CNC(=S)C1(c2cccnc2)CCCCC1(NC(=O)OC(C)(C)C)C(=O)CCc1ccccc1. The molecule has 0 spiro atoms. The predicted octanol–water partition coefficient (Wildman–Crippen LogP) is 4.91. The maximum absolute atomic E-state index is 14.2. The zero-order valence-corrected chi connectivity index (χ0v) is 21.3. The maximum atomic E-state index is 14.2. The first-order chi connectivity index (χ1) is 16.1. The van der Waals surface area contributed by atoms with Crippen molar-refractivity contribution in [3.05, 3.63) is 66.0 Å². The Labute approximate surface area is 207 Å². The van der Waals surface area contributed by atoms with E-state index in [1.165, 1.54) is 0 Å². The number of rotatable bonds is 7. The summed E-state index contributed by atoms with van der Waals surface area (Å²) in [6.45, 7) is 5.43. The number of carbonyl (C=O) groups is 2. The first-order valence-electron chi connectivity index (χ1n) is 11.9. The van der Waals surface area contributed by atoms with E-state index in [0.29, 0.717) is 24.3 Å². The Hall–Kier alpha value is -2.80. The topological polar surface area (TPSA) is 80.3 Å². The number of ether oxygens (including phenoxy) is 1. The molecular weight excluding hydrogens is 446 g/mol. The van der Waals surface area contributed by atoms with E-state index in [1.54, 1.807) is 19.4 Å². The predicted molar refractivity (Wildman–Crippen MR) is 138 cm³/mol. The van der Waals surface area contributed by atoms with E-state index in [-0.39, 0.29) is 12.2 Å². The van der Waals surface area contributed by atoms with Gasteiger partial charge in [-0.2, -0.15) is 0 Å². The molecule has 182 valence electrons. The summed E-state index contributed by atoms with van der Waals surface area (Å²) < 4.78 is 5.64. The second-order valence-corrected chi connectivity index (χ2v) is 10.3. The van der Waals surface area contributed by atoms with Crippen molar-refractivity contribution in [2.45, 2.75) is 75.9 Å². The van der Waals surface area contributed by atoms with E-state index in [2.05, 4.69) is 15.6 Å². The van der Waals surface area contributed by atoms with Crippen molar-refractivity contribution in [2.24, 2.45) is 0 Å². The van der Waals surface area contributed by atoms with Crippen LogP contribution in [0.4, 0.5) is 4.79 Å². The molecule has 1 aliphatic rings. The van der Waals surface area contributed by atoms with E-state index >= 15 is 0 Å². The number of likely N-dealkylation sites (N-methyl/N-ethyl adjacent to an activating group) is 1. The number of thiocarbonyl (C=S) groups is 1. The summed E-state index contributed by atoms with van der Waals surface area (Å²) >= 11 is 5.89. The Kier molecular flexibility index (Phi) is 8.08. The fraction of sp³-hybridized carbons (Fsp3) is 0.481. The lowest BCUT2D eigenvalue weighted by molar-refractivity contribution is -0.129. The highest BCUT2D eigenvalue weighted by Crippen LogP contribution is 2.48. The van der Waals surface area contributed by atoms with Gasteiger partial charge in [0.2, 0.25) is 0 Å². The highest BCUT2D eigenvalue weighted by atomic mass is 32.1. The third-order valence-electron chi connectivity index (χ3n) is 6.53. The van der Waals surface area contributed by atoms with Crippen molar-refractivity contribution >= 4 is 29.1 Å². The first kappa shape index (κ1) is 25.8. The summed E-state index contributed by atoms with van der Waals surface area (Å²) in [7, 11) is 1.77. The zero-order chi connectivity index (χ0) is 24.8. The molecule has 2 unspecified atom stereocenters. The summed E-state index contributed by atoms with van der Waals surface area (Å²) in [5, 5.41) is 6.20. The molecule has 1 aromatic heterocycles. The van der Waals surface area contributed by atoms with Crippen molar-refractivity contribution < 1.29 is 14.3 Å². The van der Waals surface area contributed by atoms with Crippen LogP contribution >= 0.6 is 12.2 Å². The molecule has 2 N–H and O–H groups in total. The van der Waals surface area contributed by atoms with Crippen LogP contribution in [-0.4, -0.2) is 40.0 Å². The summed E-state index contributed by atoms with van der Waals surface area (Å²) in [5.74, 6) is -0.0524. The average molecular weight is 482 g/mol. The highest BCUT2D eigenvalue weighted by Gasteiger charge is 2.61. The molecule has 0 radical (unpaired) electrons. The average Bonchev–Trinajstić information content (AvgIpc) is 2.82. The van der Waals surface area contributed by atoms with Crippen molar-refractivity contribution in [1.29, 1.82) is 0 Å². The van der Waals surface area contributed by atoms with Crippen LogP contribution in [0, 0.1) is 0 Å². The van der Waals surface area contributed by atoms with Crippen molar-refractivity contribution in [3.63, 3.8) is 0 Å². The van der Waals surface area contributed by atoms with Gasteiger partial charge in [-0.3, -0.25) is 9.78 Å². The van der Waals surface area contributed by atoms with Crippen LogP contribution in [0.25, 0.3) is 0 Å². The molecular formula is C27H35N3O3S. The number of ketones is 1. The Morgan fingerprint density at radius 2 is 1.79 bits per heavy atom. The third-order valence-corrected chi connectivity index (χ3v) is 7.08. The van der Waals surface area contributed by atoms with Gasteiger partial charge in [0, 0.05) is 25.9 Å². The van der Waals surface area contributed by atoms with Crippen molar-refractivity contribution in [3.8, 4) is 0 Å². The molecule has 3 rings (SSSR count). The Morgan fingerprint density at radius 3 is 2.41 bits per heavy atom. The van der Waals surface area contributed by atoms with Crippen LogP contribution in [-0.2, 0) is 21.4 Å². The fourth-order valence-corrected chi connectivity index (χ4v) is 5.47. The zero-order valence-electron chi connectivity index (χ0n) is 20.5. The highest BCUT2D eigenvalue weighted by molar-refractivity contribution is 7.80. The lowest BCUT2D eigenvalue weighted by atomic mass is 9.55. The molecule has 0 bridgehead atoms. The van der Waals surface area contributed by atoms with Crippen LogP contribution in [0.1, 0.15) is 64.0 Å². The number of alkyl carbamates (subject to hydrolysis) is 1. The smallest absolute Gasteiger partial charge is 0.408 e. The van der Waals surface area contributed by atoms with E-state index in [9.17, 15) is 9.59 Å². The van der Waals surface area contributed by atoms with Crippen LogP contribution in [0.3, 0.4) is 0 Å². The molecule has 1 saturated carbocycles. The number of carbonyl (C=O) groups excluding carboxylic acids is 2. The summed E-state index contributed by atoms with van der Waals surface area (Å²) in [6.07, 6.45) is 6.44. The van der Waals surface area contributed by atoms with Gasteiger partial charge >= 0.3 is 6.09 Å². The van der Waals surface area contributed by atoms with E-state index in [4.69, 9.17) is 17.0 Å². The first-order valence-corrected chi connectivity index (χ1v) is 12.3. The molecule has 2 aromatic rings.